The Hall–Kier alpha value is -2.87. The van der Waals surface area contributed by atoms with E-state index in [0.29, 0.717) is 32.7 Å². The Balaban J connectivity index is 1.37. The molecular weight excluding hydrogens is 381 g/mol. The summed E-state index contributed by atoms with van der Waals surface area (Å²) in [4.78, 5) is 21.2. The fraction of sp³-hybridized carbons (Fsp3) is 0.333. The summed E-state index contributed by atoms with van der Waals surface area (Å²) < 4.78 is 40.1. The van der Waals surface area contributed by atoms with E-state index >= 15 is 0 Å². The number of amides is 1. The lowest BCUT2D eigenvalue weighted by molar-refractivity contribution is -0.137. The van der Waals surface area contributed by atoms with Crippen molar-refractivity contribution in [1.29, 1.82) is 0 Å². The number of hydrogen-bond donors (Lipinski definition) is 0. The lowest BCUT2D eigenvalue weighted by atomic mass is 10.1. The van der Waals surface area contributed by atoms with Crippen LogP contribution in [0.1, 0.15) is 21.7 Å². The minimum Gasteiger partial charge on any atom is -0.336 e. The minimum atomic E-state index is -4.40. The van der Waals surface area contributed by atoms with E-state index in [4.69, 9.17) is 0 Å². The molecule has 1 saturated heterocycles. The second-order valence-electron chi connectivity index (χ2n) is 7.22. The zero-order chi connectivity index (χ0) is 20.6. The van der Waals surface area contributed by atoms with Crippen LogP contribution in [0, 0.1) is 0 Å². The third kappa shape index (κ3) is 3.98. The van der Waals surface area contributed by atoms with Crippen LogP contribution in [0.3, 0.4) is 0 Å². The first-order chi connectivity index (χ1) is 13.8. The minimum absolute atomic E-state index is 0.235. The van der Waals surface area contributed by atoms with Crippen LogP contribution in [-0.4, -0.2) is 51.4 Å². The summed E-state index contributed by atoms with van der Waals surface area (Å²) in [6.07, 6.45) is -4.40. The topological polar surface area (TPSA) is 41.4 Å². The number of aryl methyl sites for hydroxylation is 1. The molecule has 1 aliphatic heterocycles. The number of carbonyl (C=O) groups is 1. The van der Waals surface area contributed by atoms with E-state index < -0.39 is 11.7 Å². The summed E-state index contributed by atoms with van der Waals surface area (Å²) in [5.41, 5.74) is 1.57. The van der Waals surface area contributed by atoms with E-state index in [1.165, 1.54) is 12.1 Å². The zero-order valence-electron chi connectivity index (χ0n) is 16.0. The van der Waals surface area contributed by atoms with E-state index in [0.717, 1.165) is 29.0 Å². The maximum Gasteiger partial charge on any atom is 0.416 e. The molecule has 0 bridgehead atoms. The van der Waals surface area contributed by atoms with Gasteiger partial charge >= 0.3 is 6.18 Å². The lowest BCUT2D eigenvalue weighted by Gasteiger charge is -2.34. The summed E-state index contributed by atoms with van der Waals surface area (Å²) in [6.45, 7) is 3.13. The Morgan fingerprint density at radius 3 is 2.28 bits per heavy atom. The van der Waals surface area contributed by atoms with Crippen molar-refractivity contribution < 1.29 is 18.0 Å². The van der Waals surface area contributed by atoms with Gasteiger partial charge in [-0.15, -0.1) is 0 Å². The van der Waals surface area contributed by atoms with Gasteiger partial charge in [0.25, 0.3) is 5.91 Å². The normalized spacial score (nSPS) is 15.8. The summed E-state index contributed by atoms with van der Waals surface area (Å²) in [7, 11) is 2.00. The molecule has 0 N–H and O–H groups in total. The number of aromatic nitrogens is 2. The van der Waals surface area contributed by atoms with Crippen LogP contribution >= 0.6 is 0 Å². The molecule has 2 heterocycles. The first-order valence-corrected chi connectivity index (χ1v) is 9.42. The fourth-order valence-electron chi connectivity index (χ4n) is 3.63. The van der Waals surface area contributed by atoms with Crippen molar-refractivity contribution in [3.8, 4) is 0 Å². The van der Waals surface area contributed by atoms with Gasteiger partial charge in [0.15, 0.2) is 0 Å². The number of para-hydroxylation sites is 2. The molecular formula is C21H21F3N4O. The van der Waals surface area contributed by atoms with E-state index in [9.17, 15) is 18.0 Å². The van der Waals surface area contributed by atoms with Crippen molar-refractivity contribution in [2.24, 2.45) is 7.05 Å². The first-order valence-electron chi connectivity index (χ1n) is 9.42. The van der Waals surface area contributed by atoms with Gasteiger partial charge in [0.05, 0.1) is 23.1 Å². The Bertz CT molecular complexity index is 1020. The van der Waals surface area contributed by atoms with Gasteiger partial charge in [-0.05, 0) is 36.4 Å². The van der Waals surface area contributed by atoms with Gasteiger partial charge < -0.3 is 9.47 Å². The molecule has 2 aromatic carbocycles. The number of piperazine rings is 1. The molecule has 5 nitrogen and oxygen atoms in total. The van der Waals surface area contributed by atoms with Gasteiger partial charge in [0.1, 0.15) is 5.82 Å². The SMILES string of the molecule is Cn1c(CN2CCN(C(=O)c3ccc(C(F)(F)F)cc3)CC2)nc2ccccc21. The number of halogens is 3. The molecule has 4 rings (SSSR count). The predicted molar refractivity (Wildman–Crippen MR) is 103 cm³/mol. The molecule has 0 saturated carbocycles. The summed E-state index contributed by atoms with van der Waals surface area (Å²) in [5.74, 6) is 0.731. The number of rotatable bonds is 3. The van der Waals surface area contributed by atoms with Gasteiger partial charge in [0, 0.05) is 38.8 Å². The second kappa shape index (κ2) is 7.51. The number of fused-ring (bicyclic) bond motifs is 1. The summed E-state index contributed by atoms with van der Waals surface area (Å²) in [5, 5.41) is 0. The van der Waals surface area contributed by atoms with E-state index in [1.54, 1.807) is 4.90 Å². The monoisotopic (exact) mass is 402 g/mol. The van der Waals surface area contributed by atoms with Crippen LogP contribution in [0.2, 0.25) is 0 Å². The molecule has 8 heteroatoms. The highest BCUT2D eigenvalue weighted by atomic mass is 19.4. The molecule has 0 atom stereocenters. The number of carbonyl (C=O) groups excluding carboxylic acids is 1. The van der Waals surface area contributed by atoms with Gasteiger partial charge in [-0.1, -0.05) is 12.1 Å². The molecule has 1 fully saturated rings. The van der Waals surface area contributed by atoms with Crippen LogP contribution in [-0.2, 0) is 19.8 Å². The molecule has 0 aliphatic carbocycles. The third-order valence-corrected chi connectivity index (χ3v) is 5.36. The van der Waals surface area contributed by atoms with Crippen LogP contribution in [0.25, 0.3) is 11.0 Å². The number of imidazole rings is 1. The second-order valence-corrected chi connectivity index (χ2v) is 7.22. The number of benzene rings is 2. The molecule has 0 spiro atoms. The maximum atomic E-state index is 12.7. The Morgan fingerprint density at radius 1 is 1.00 bits per heavy atom. The highest BCUT2D eigenvalue weighted by molar-refractivity contribution is 5.94. The number of hydrogen-bond acceptors (Lipinski definition) is 3. The Morgan fingerprint density at radius 2 is 1.66 bits per heavy atom. The highest BCUT2D eigenvalue weighted by Gasteiger charge is 2.30. The van der Waals surface area contributed by atoms with E-state index in [2.05, 4.69) is 14.5 Å². The number of alkyl halides is 3. The van der Waals surface area contributed by atoms with Crippen LogP contribution in [0.5, 0.6) is 0 Å². The van der Waals surface area contributed by atoms with Gasteiger partial charge in [-0.25, -0.2) is 4.98 Å². The quantitative estimate of drug-likeness (QED) is 0.673. The third-order valence-electron chi connectivity index (χ3n) is 5.36. The first kappa shape index (κ1) is 19.4. The molecule has 152 valence electrons. The number of nitrogens with zero attached hydrogens (tertiary/aromatic N) is 4. The van der Waals surface area contributed by atoms with Gasteiger partial charge in [0.2, 0.25) is 0 Å². The molecule has 1 aliphatic rings. The van der Waals surface area contributed by atoms with Gasteiger partial charge in [-0.2, -0.15) is 13.2 Å². The maximum absolute atomic E-state index is 12.7. The van der Waals surface area contributed by atoms with Crippen molar-refractivity contribution in [2.75, 3.05) is 26.2 Å². The zero-order valence-corrected chi connectivity index (χ0v) is 16.0. The smallest absolute Gasteiger partial charge is 0.336 e. The Kier molecular flexibility index (Phi) is 5.04. The largest absolute Gasteiger partial charge is 0.416 e. The van der Waals surface area contributed by atoms with Crippen molar-refractivity contribution in [1.82, 2.24) is 19.4 Å². The van der Waals surface area contributed by atoms with Gasteiger partial charge in [-0.3, -0.25) is 9.69 Å². The molecule has 3 aromatic rings. The standard InChI is InChI=1S/C21H21F3N4O/c1-26-18-5-3-2-4-17(18)25-19(26)14-27-10-12-28(13-11-27)20(29)15-6-8-16(9-7-15)21(22,23)24/h2-9H,10-14H2,1H3. The fourth-order valence-corrected chi connectivity index (χ4v) is 3.63. The molecule has 29 heavy (non-hydrogen) atoms. The van der Waals surface area contributed by atoms with Crippen molar-refractivity contribution in [2.45, 2.75) is 12.7 Å². The van der Waals surface area contributed by atoms with Crippen LogP contribution in [0.15, 0.2) is 48.5 Å². The molecule has 0 radical (unpaired) electrons. The van der Waals surface area contributed by atoms with Crippen LogP contribution < -0.4 is 0 Å². The molecule has 1 aromatic heterocycles. The molecule has 1 amide bonds. The van der Waals surface area contributed by atoms with Crippen LogP contribution in [0.4, 0.5) is 13.2 Å². The Labute approximate surface area is 166 Å². The summed E-state index contributed by atoms with van der Waals surface area (Å²) in [6, 6.07) is 12.4. The van der Waals surface area contributed by atoms with Crippen molar-refractivity contribution in [3.63, 3.8) is 0 Å². The lowest BCUT2D eigenvalue weighted by Crippen LogP contribution is -2.48. The average Bonchev–Trinajstić information content (AvgIpc) is 3.03. The average molecular weight is 402 g/mol. The van der Waals surface area contributed by atoms with E-state index in [1.807, 2.05) is 31.3 Å². The van der Waals surface area contributed by atoms with Crippen molar-refractivity contribution in [3.05, 3.63) is 65.5 Å². The predicted octanol–water partition coefficient (Wildman–Crippen LogP) is 3.55. The molecule has 0 unspecified atom stereocenters. The van der Waals surface area contributed by atoms with Crippen molar-refractivity contribution >= 4 is 16.9 Å². The highest BCUT2D eigenvalue weighted by Crippen LogP contribution is 2.29. The summed E-state index contributed by atoms with van der Waals surface area (Å²) >= 11 is 0. The van der Waals surface area contributed by atoms with E-state index in [-0.39, 0.29) is 11.5 Å².